The fraction of sp³-hybridized carbons (Fsp3) is 0.120. The van der Waals surface area contributed by atoms with E-state index in [1.165, 1.54) is 0 Å². The second kappa shape index (κ2) is 7.59. The molecule has 162 valence electrons. The second-order valence-electron chi connectivity index (χ2n) is 7.83. The topological polar surface area (TPSA) is 70.6 Å². The number of guanidine groups is 1. The average molecular weight is 435 g/mol. The highest BCUT2D eigenvalue weighted by Crippen LogP contribution is 2.45. The van der Waals surface area contributed by atoms with Gasteiger partial charge in [0.15, 0.2) is 5.82 Å². The molecule has 0 aliphatic carbocycles. The Hall–Kier alpha value is -4.46. The van der Waals surface area contributed by atoms with Crippen molar-refractivity contribution in [2.24, 2.45) is 15.4 Å². The molecule has 1 atom stereocenters. The number of hydrogen-bond donors (Lipinski definition) is 0. The number of nitrogens with zero attached hydrogens (tertiary/aromatic N) is 7. The van der Waals surface area contributed by atoms with Gasteiger partial charge in [-0.1, -0.05) is 48.5 Å². The number of aromatic nitrogens is 2. The summed E-state index contributed by atoms with van der Waals surface area (Å²) in [6, 6.07) is 27.7. The summed E-state index contributed by atoms with van der Waals surface area (Å²) in [6.45, 7) is 2.01. The van der Waals surface area contributed by atoms with Gasteiger partial charge in [0.05, 0.1) is 24.2 Å². The smallest absolute Gasteiger partial charge is 0.253 e. The summed E-state index contributed by atoms with van der Waals surface area (Å²) in [5.74, 6) is 2.21. The normalized spacial score (nSPS) is 16.4. The Morgan fingerprint density at radius 2 is 1.45 bits per heavy atom. The van der Waals surface area contributed by atoms with Crippen LogP contribution in [-0.2, 0) is 0 Å². The zero-order chi connectivity index (χ0) is 22.4. The molecule has 2 aliphatic heterocycles. The van der Waals surface area contributed by atoms with Crippen LogP contribution in [0.4, 0.5) is 11.5 Å². The monoisotopic (exact) mass is 435 g/mol. The summed E-state index contributed by atoms with van der Waals surface area (Å²) in [7, 11) is 1.67. The van der Waals surface area contributed by atoms with Crippen molar-refractivity contribution in [3.63, 3.8) is 0 Å². The molecule has 0 amide bonds. The average Bonchev–Trinajstić information content (AvgIpc) is 3.45. The Labute approximate surface area is 191 Å². The molecule has 0 saturated carbocycles. The number of hydrogen-bond acceptors (Lipinski definition) is 7. The van der Waals surface area contributed by atoms with Crippen molar-refractivity contribution in [3.8, 4) is 11.4 Å². The van der Waals surface area contributed by atoms with Crippen molar-refractivity contribution in [2.45, 2.75) is 13.0 Å². The molecule has 0 saturated heterocycles. The van der Waals surface area contributed by atoms with E-state index < -0.39 is 0 Å². The Morgan fingerprint density at radius 1 is 0.788 bits per heavy atom. The molecule has 0 N–H and O–H groups in total. The predicted molar refractivity (Wildman–Crippen MR) is 126 cm³/mol. The number of anilines is 1. The van der Waals surface area contributed by atoms with Crippen LogP contribution in [0.15, 0.2) is 100 Å². The first-order valence-corrected chi connectivity index (χ1v) is 10.7. The molecule has 2 aliphatic rings. The minimum atomic E-state index is -0.228. The molecule has 8 heteroatoms. The van der Waals surface area contributed by atoms with Crippen molar-refractivity contribution >= 4 is 17.5 Å². The van der Waals surface area contributed by atoms with Gasteiger partial charge in [-0.25, -0.2) is 4.68 Å². The van der Waals surface area contributed by atoms with Crippen molar-refractivity contribution in [1.29, 1.82) is 0 Å². The second-order valence-corrected chi connectivity index (χ2v) is 7.83. The Kier molecular flexibility index (Phi) is 4.43. The summed E-state index contributed by atoms with van der Waals surface area (Å²) in [6.07, 6.45) is 0. The molecular weight excluding hydrogens is 414 g/mol. The highest BCUT2D eigenvalue weighted by Gasteiger charge is 2.42. The van der Waals surface area contributed by atoms with Gasteiger partial charge < -0.3 is 4.74 Å². The SMILES string of the molecule is COc1ccc([C@H]2c3c(C)nn(-c4ccccc4)c3N=C3N(c4ccccc4)N=NN32)cc1. The van der Waals surface area contributed by atoms with E-state index >= 15 is 0 Å². The number of rotatable bonds is 4. The van der Waals surface area contributed by atoms with Crippen molar-refractivity contribution in [2.75, 3.05) is 12.1 Å². The maximum Gasteiger partial charge on any atom is 0.253 e. The minimum absolute atomic E-state index is 0.228. The molecule has 33 heavy (non-hydrogen) atoms. The summed E-state index contributed by atoms with van der Waals surface area (Å²) in [5, 5.41) is 17.5. The molecule has 3 aromatic carbocycles. The lowest BCUT2D eigenvalue weighted by molar-refractivity contribution is 0.364. The van der Waals surface area contributed by atoms with E-state index in [0.29, 0.717) is 5.96 Å². The van der Waals surface area contributed by atoms with Crippen molar-refractivity contribution < 1.29 is 4.74 Å². The lowest BCUT2D eigenvalue weighted by Crippen LogP contribution is -2.38. The van der Waals surface area contributed by atoms with Gasteiger partial charge in [0.1, 0.15) is 11.8 Å². The number of fused-ring (bicyclic) bond motifs is 2. The molecule has 8 nitrogen and oxygen atoms in total. The van der Waals surface area contributed by atoms with Crippen LogP contribution < -0.4 is 9.75 Å². The van der Waals surface area contributed by atoms with Crippen LogP contribution in [0.5, 0.6) is 5.75 Å². The van der Waals surface area contributed by atoms with Crippen LogP contribution in [-0.4, -0.2) is 27.9 Å². The maximum absolute atomic E-state index is 5.37. The number of aliphatic imine (C=N–C) groups is 1. The van der Waals surface area contributed by atoms with E-state index in [0.717, 1.165) is 39.8 Å². The largest absolute Gasteiger partial charge is 0.497 e. The third-order valence-corrected chi connectivity index (χ3v) is 5.86. The molecule has 0 bridgehead atoms. The predicted octanol–water partition coefficient (Wildman–Crippen LogP) is 5.38. The first-order valence-electron chi connectivity index (χ1n) is 10.7. The first kappa shape index (κ1) is 19.2. The van der Waals surface area contributed by atoms with Gasteiger partial charge in [0.2, 0.25) is 0 Å². The molecule has 0 radical (unpaired) electrons. The lowest BCUT2D eigenvalue weighted by atomic mass is 9.96. The molecule has 6 rings (SSSR count). The van der Waals surface area contributed by atoms with E-state index in [-0.39, 0.29) is 6.04 Å². The zero-order valence-corrected chi connectivity index (χ0v) is 18.2. The van der Waals surface area contributed by atoms with Gasteiger partial charge >= 0.3 is 0 Å². The van der Waals surface area contributed by atoms with E-state index in [4.69, 9.17) is 14.8 Å². The Balaban J connectivity index is 1.56. The third-order valence-electron chi connectivity index (χ3n) is 5.86. The van der Waals surface area contributed by atoms with Gasteiger partial charge in [0, 0.05) is 5.56 Å². The summed E-state index contributed by atoms with van der Waals surface area (Å²) >= 11 is 0. The third kappa shape index (κ3) is 3.07. The van der Waals surface area contributed by atoms with Crippen LogP contribution in [0.2, 0.25) is 0 Å². The lowest BCUT2D eigenvalue weighted by Gasteiger charge is -2.30. The van der Waals surface area contributed by atoms with Gasteiger partial charge in [0.25, 0.3) is 5.96 Å². The van der Waals surface area contributed by atoms with Crippen molar-refractivity contribution in [1.82, 2.24) is 14.8 Å². The fourth-order valence-corrected chi connectivity index (χ4v) is 4.28. The van der Waals surface area contributed by atoms with Crippen LogP contribution in [0.1, 0.15) is 22.9 Å². The number of ether oxygens (including phenoxy) is 1. The highest BCUT2D eigenvalue weighted by molar-refractivity contribution is 5.99. The number of methoxy groups -OCH3 is 1. The van der Waals surface area contributed by atoms with E-state index in [1.54, 1.807) is 12.1 Å². The van der Waals surface area contributed by atoms with E-state index in [9.17, 15) is 0 Å². The Morgan fingerprint density at radius 3 is 2.12 bits per heavy atom. The van der Waals surface area contributed by atoms with Gasteiger partial charge in [-0.3, -0.25) is 0 Å². The van der Waals surface area contributed by atoms with Gasteiger partial charge in [-0.2, -0.15) is 20.1 Å². The number of benzene rings is 3. The van der Waals surface area contributed by atoms with Crippen LogP contribution in [0, 0.1) is 6.92 Å². The fourth-order valence-electron chi connectivity index (χ4n) is 4.28. The molecule has 0 spiro atoms. The van der Waals surface area contributed by atoms with Crippen LogP contribution in [0.25, 0.3) is 5.69 Å². The highest BCUT2D eigenvalue weighted by atomic mass is 16.5. The van der Waals surface area contributed by atoms with Crippen molar-refractivity contribution in [3.05, 3.63) is 102 Å². The van der Waals surface area contributed by atoms with E-state index in [2.05, 4.69) is 22.6 Å². The first-order chi connectivity index (χ1) is 16.2. The minimum Gasteiger partial charge on any atom is -0.497 e. The molecule has 0 unspecified atom stereocenters. The van der Waals surface area contributed by atoms with E-state index in [1.807, 2.05) is 89.4 Å². The van der Waals surface area contributed by atoms with Gasteiger partial charge in [-0.15, -0.1) is 0 Å². The number of aryl methyl sites for hydroxylation is 1. The maximum atomic E-state index is 5.37. The summed E-state index contributed by atoms with van der Waals surface area (Å²) in [5.41, 5.74) is 4.79. The molecule has 0 fully saturated rings. The Bertz CT molecular complexity index is 1360. The zero-order valence-electron chi connectivity index (χ0n) is 18.2. The number of para-hydroxylation sites is 2. The summed E-state index contributed by atoms with van der Waals surface area (Å²) < 4.78 is 7.27. The van der Waals surface area contributed by atoms with Crippen LogP contribution >= 0.6 is 0 Å². The van der Waals surface area contributed by atoms with Gasteiger partial charge in [-0.05, 0) is 59.3 Å². The molecule has 3 heterocycles. The molecule has 4 aromatic rings. The van der Waals surface area contributed by atoms with Crippen LogP contribution in [0.3, 0.4) is 0 Å². The quantitative estimate of drug-likeness (QED) is 0.431. The standard InChI is InChI=1S/C25H21N7O/c1-17-22-23(18-13-15-21(33-2)16-14-18)32-25(31(28-29-32)20-11-7-4-8-12-20)26-24(22)30(27-17)19-9-5-3-6-10-19/h3-16,23H,1-2H3/t23-/m0/s1. The molecule has 1 aromatic heterocycles. The summed E-state index contributed by atoms with van der Waals surface area (Å²) in [4.78, 5) is 5.03. The molecular formula is C25H21N7O.